The summed E-state index contributed by atoms with van der Waals surface area (Å²) < 4.78 is 1.73. The minimum absolute atomic E-state index is 0.117. The lowest BCUT2D eigenvalue weighted by Gasteiger charge is -2.05. The number of carbonyl (C=O) groups is 1. The molecule has 0 fully saturated rings. The second-order valence-electron chi connectivity index (χ2n) is 5.50. The van der Waals surface area contributed by atoms with E-state index in [9.17, 15) is 4.79 Å². The number of nitrogens with one attached hydrogen (secondary N) is 1. The molecule has 2 aromatic heterocycles. The monoisotopic (exact) mass is 374 g/mol. The number of carbonyl (C=O) groups excluding carboxylic acids is 1. The molecule has 128 valence electrons. The zero-order chi connectivity index (χ0) is 17.6. The third-order valence-corrected chi connectivity index (χ3v) is 4.18. The molecule has 3 aromatic rings. The maximum absolute atomic E-state index is 12.1. The van der Waals surface area contributed by atoms with E-state index in [1.54, 1.807) is 35.3 Å². The Morgan fingerprint density at radius 2 is 2.04 bits per heavy atom. The van der Waals surface area contributed by atoms with Crippen LogP contribution in [-0.2, 0) is 17.8 Å². The summed E-state index contributed by atoms with van der Waals surface area (Å²) in [4.78, 5) is 16.3. The van der Waals surface area contributed by atoms with Gasteiger partial charge in [0.1, 0.15) is 0 Å². The summed E-state index contributed by atoms with van der Waals surface area (Å²) in [6.07, 6.45) is 4.40. The fraction of sp³-hybridized carbons (Fsp3) is 0.167. The predicted octanol–water partition coefficient (Wildman–Crippen LogP) is 4.20. The van der Waals surface area contributed by atoms with Crippen LogP contribution in [0.25, 0.3) is 0 Å². The quantitative estimate of drug-likeness (QED) is 0.702. The van der Waals surface area contributed by atoms with Gasteiger partial charge >= 0.3 is 0 Å². The first-order valence-electron chi connectivity index (χ1n) is 7.77. The van der Waals surface area contributed by atoms with Gasteiger partial charge in [-0.05, 0) is 36.2 Å². The van der Waals surface area contributed by atoms with Gasteiger partial charge < -0.3 is 5.32 Å². The van der Waals surface area contributed by atoms with Gasteiger partial charge in [-0.3, -0.25) is 14.5 Å². The Kier molecular flexibility index (Phi) is 5.68. The van der Waals surface area contributed by atoms with Crippen molar-refractivity contribution in [3.8, 4) is 0 Å². The average Bonchev–Trinajstić information content (AvgIpc) is 3.02. The van der Waals surface area contributed by atoms with E-state index in [4.69, 9.17) is 23.2 Å². The SMILES string of the molecule is O=C(CCc1ccc(Cl)cc1Cl)Nc1ccn(Cc2ccccn2)n1. The lowest BCUT2D eigenvalue weighted by Crippen LogP contribution is -2.13. The summed E-state index contributed by atoms with van der Waals surface area (Å²) in [7, 11) is 0. The van der Waals surface area contributed by atoms with Crippen molar-refractivity contribution in [2.45, 2.75) is 19.4 Å². The van der Waals surface area contributed by atoms with Gasteiger partial charge in [-0.2, -0.15) is 5.10 Å². The van der Waals surface area contributed by atoms with Crippen molar-refractivity contribution in [1.82, 2.24) is 14.8 Å². The molecule has 0 atom stereocenters. The van der Waals surface area contributed by atoms with Crippen LogP contribution in [0.3, 0.4) is 0 Å². The molecule has 0 aliphatic rings. The molecule has 0 saturated heterocycles. The second kappa shape index (κ2) is 8.14. The molecule has 0 spiro atoms. The van der Waals surface area contributed by atoms with Gasteiger partial charge in [-0.25, -0.2) is 0 Å². The molecule has 5 nitrogen and oxygen atoms in total. The average molecular weight is 375 g/mol. The highest BCUT2D eigenvalue weighted by atomic mass is 35.5. The Morgan fingerprint density at radius 1 is 1.16 bits per heavy atom. The minimum atomic E-state index is -0.117. The number of rotatable bonds is 6. The minimum Gasteiger partial charge on any atom is -0.309 e. The maximum Gasteiger partial charge on any atom is 0.225 e. The fourth-order valence-corrected chi connectivity index (χ4v) is 2.86. The van der Waals surface area contributed by atoms with Crippen LogP contribution < -0.4 is 5.32 Å². The van der Waals surface area contributed by atoms with Crippen molar-refractivity contribution < 1.29 is 4.79 Å². The lowest BCUT2D eigenvalue weighted by molar-refractivity contribution is -0.116. The Hall–Kier alpha value is -2.37. The zero-order valence-corrected chi connectivity index (χ0v) is 14.8. The molecule has 0 unspecified atom stereocenters. The van der Waals surface area contributed by atoms with Crippen LogP contribution >= 0.6 is 23.2 Å². The number of pyridine rings is 1. The molecule has 2 heterocycles. The molecule has 1 N–H and O–H groups in total. The Morgan fingerprint density at radius 3 is 2.80 bits per heavy atom. The van der Waals surface area contributed by atoms with Gasteiger partial charge in [-0.15, -0.1) is 0 Å². The fourth-order valence-electron chi connectivity index (χ4n) is 2.35. The van der Waals surface area contributed by atoms with E-state index in [1.165, 1.54) is 0 Å². The zero-order valence-electron chi connectivity index (χ0n) is 13.3. The van der Waals surface area contributed by atoms with Crippen LogP contribution in [0.15, 0.2) is 54.9 Å². The van der Waals surface area contributed by atoms with Gasteiger partial charge in [0, 0.05) is 34.9 Å². The summed E-state index contributed by atoms with van der Waals surface area (Å²) in [5, 5.41) is 8.27. The van der Waals surface area contributed by atoms with Crippen molar-refractivity contribution in [3.63, 3.8) is 0 Å². The molecular formula is C18H16Cl2N4O. The van der Waals surface area contributed by atoms with E-state index in [0.29, 0.717) is 35.2 Å². The smallest absolute Gasteiger partial charge is 0.225 e. The van der Waals surface area contributed by atoms with Crippen LogP contribution in [0.2, 0.25) is 10.0 Å². The Bertz CT molecular complexity index is 865. The molecule has 3 rings (SSSR count). The molecule has 0 saturated carbocycles. The molecule has 7 heteroatoms. The number of hydrogen-bond acceptors (Lipinski definition) is 3. The highest BCUT2D eigenvalue weighted by Gasteiger charge is 2.08. The number of nitrogens with zero attached hydrogens (tertiary/aromatic N) is 3. The predicted molar refractivity (Wildman–Crippen MR) is 99.0 cm³/mol. The molecule has 0 aliphatic heterocycles. The molecule has 25 heavy (non-hydrogen) atoms. The highest BCUT2D eigenvalue weighted by molar-refractivity contribution is 6.35. The molecule has 1 amide bonds. The summed E-state index contributed by atoms with van der Waals surface area (Å²) in [5.41, 5.74) is 1.79. The topological polar surface area (TPSA) is 59.8 Å². The first-order valence-corrected chi connectivity index (χ1v) is 8.53. The van der Waals surface area contributed by atoms with Crippen LogP contribution in [0.1, 0.15) is 17.7 Å². The largest absolute Gasteiger partial charge is 0.309 e. The van der Waals surface area contributed by atoms with E-state index in [-0.39, 0.29) is 5.91 Å². The number of anilines is 1. The van der Waals surface area contributed by atoms with E-state index in [2.05, 4.69) is 15.4 Å². The van der Waals surface area contributed by atoms with Crippen LogP contribution in [0.4, 0.5) is 5.82 Å². The third-order valence-electron chi connectivity index (χ3n) is 3.59. The molecule has 0 radical (unpaired) electrons. The van der Waals surface area contributed by atoms with Crippen molar-refractivity contribution in [2.75, 3.05) is 5.32 Å². The summed E-state index contributed by atoms with van der Waals surface area (Å²) in [6.45, 7) is 0.553. The molecular weight excluding hydrogens is 359 g/mol. The number of halogens is 2. The highest BCUT2D eigenvalue weighted by Crippen LogP contribution is 2.22. The van der Waals surface area contributed by atoms with Crippen LogP contribution in [-0.4, -0.2) is 20.7 Å². The summed E-state index contributed by atoms with van der Waals surface area (Å²) in [6, 6.07) is 12.8. The van der Waals surface area contributed by atoms with Gasteiger partial charge in [0.25, 0.3) is 0 Å². The van der Waals surface area contributed by atoms with E-state index in [0.717, 1.165) is 11.3 Å². The molecule has 0 aliphatic carbocycles. The van der Waals surface area contributed by atoms with Crippen molar-refractivity contribution >= 4 is 34.9 Å². The maximum atomic E-state index is 12.1. The van der Waals surface area contributed by atoms with E-state index >= 15 is 0 Å². The van der Waals surface area contributed by atoms with Gasteiger partial charge in [-0.1, -0.05) is 35.3 Å². The third kappa shape index (κ3) is 5.05. The van der Waals surface area contributed by atoms with Crippen LogP contribution in [0.5, 0.6) is 0 Å². The van der Waals surface area contributed by atoms with E-state index < -0.39 is 0 Å². The summed E-state index contributed by atoms with van der Waals surface area (Å²) >= 11 is 12.0. The molecule has 1 aromatic carbocycles. The molecule has 0 bridgehead atoms. The van der Waals surface area contributed by atoms with Gasteiger partial charge in [0.2, 0.25) is 5.91 Å². The number of aryl methyl sites for hydroxylation is 1. The lowest BCUT2D eigenvalue weighted by atomic mass is 10.1. The number of aromatic nitrogens is 3. The first-order chi connectivity index (χ1) is 12.1. The second-order valence-corrected chi connectivity index (χ2v) is 6.35. The number of hydrogen-bond donors (Lipinski definition) is 1. The number of benzene rings is 1. The Labute approximate surface area is 155 Å². The van der Waals surface area contributed by atoms with Crippen molar-refractivity contribution in [2.24, 2.45) is 0 Å². The van der Waals surface area contributed by atoms with Crippen LogP contribution in [0, 0.1) is 0 Å². The summed E-state index contributed by atoms with van der Waals surface area (Å²) in [5.74, 6) is 0.400. The standard InChI is InChI=1S/C18H16Cl2N4O/c19-14-6-4-13(16(20)11-14)5-7-18(25)22-17-8-10-24(23-17)12-15-3-1-2-9-21-15/h1-4,6,8-11H,5,7,12H2,(H,22,23,25). The van der Waals surface area contributed by atoms with Gasteiger partial charge in [0.15, 0.2) is 5.82 Å². The Balaban J connectivity index is 1.53. The van der Waals surface area contributed by atoms with E-state index in [1.807, 2.05) is 24.3 Å². The first kappa shape index (κ1) is 17.5. The van der Waals surface area contributed by atoms with Gasteiger partial charge in [0.05, 0.1) is 12.2 Å². The normalized spacial score (nSPS) is 10.6. The van der Waals surface area contributed by atoms with Crippen molar-refractivity contribution in [3.05, 3.63) is 76.2 Å². The number of amides is 1. The van der Waals surface area contributed by atoms with Crippen molar-refractivity contribution in [1.29, 1.82) is 0 Å².